The molecule has 0 aliphatic carbocycles. The molecule has 6 heteroatoms. The van der Waals surface area contributed by atoms with Gasteiger partial charge in [0.15, 0.2) is 0 Å². The molecule has 0 saturated carbocycles. The van der Waals surface area contributed by atoms with Gasteiger partial charge in [0.2, 0.25) is 0 Å². The maximum atomic E-state index is 12.1. The summed E-state index contributed by atoms with van der Waals surface area (Å²) in [6, 6.07) is 9.62. The van der Waals surface area contributed by atoms with Gasteiger partial charge in [-0.15, -0.1) is 0 Å². The summed E-state index contributed by atoms with van der Waals surface area (Å²) in [5, 5.41) is 7.04. The Morgan fingerprint density at radius 1 is 1.27 bits per heavy atom. The Balaban J connectivity index is 1.97. The van der Waals surface area contributed by atoms with Crippen LogP contribution in [0, 0.1) is 6.92 Å². The van der Waals surface area contributed by atoms with E-state index in [4.69, 9.17) is 0 Å². The van der Waals surface area contributed by atoms with Gasteiger partial charge < -0.3 is 10.1 Å². The van der Waals surface area contributed by atoms with Crippen LogP contribution in [0.25, 0.3) is 5.69 Å². The summed E-state index contributed by atoms with van der Waals surface area (Å²) in [4.78, 5) is 23.1. The second-order valence-electron chi connectivity index (χ2n) is 4.83. The Kier molecular flexibility index (Phi) is 5.30. The number of esters is 1. The molecule has 0 spiro atoms. The summed E-state index contributed by atoms with van der Waals surface area (Å²) >= 11 is 0. The van der Waals surface area contributed by atoms with E-state index in [1.807, 2.05) is 37.3 Å². The van der Waals surface area contributed by atoms with Crippen LogP contribution in [0.4, 0.5) is 0 Å². The van der Waals surface area contributed by atoms with E-state index in [0.29, 0.717) is 24.9 Å². The van der Waals surface area contributed by atoms with E-state index in [0.717, 1.165) is 11.4 Å². The minimum atomic E-state index is -0.276. The van der Waals surface area contributed by atoms with E-state index in [2.05, 4.69) is 15.2 Å². The van der Waals surface area contributed by atoms with Crippen molar-refractivity contribution in [2.75, 3.05) is 13.7 Å². The number of nitrogens with zero attached hydrogens (tertiary/aromatic N) is 2. The van der Waals surface area contributed by atoms with Crippen molar-refractivity contribution in [2.45, 2.75) is 19.8 Å². The predicted octanol–water partition coefficient (Wildman–Crippen LogP) is 1.86. The van der Waals surface area contributed by atoms with Crippen molar-refractivity contribution < 1.29 is 14.3 Å². The highest BCUT2D eigenvalue weighted by Gasteiger charge is 2.14. The molecular formula is C16H19N3O3. The fourth-order valence-corrected chi connectivity index (χ4v) is 2.09. The second-order valence-corrected chi connectivity index (χ2v) is 4.83. The van der Waals surface area contributed by atoms with Gasteiger partial charge in [-0.05, 0) is 25.5 Å². The Morgan fingerprint density at radius 3 is 2.68 bits per heavy atom. The van der Waals surface area contributed by atoms with E-state index >= 15 is 0 Å². The molecule has 1 aromatic heterocycles. The lowest BCUT2D eigenvalue weighted by Crippen LogP contribution is -2.25. The van der Waals surface area contributed by atoms with Crippen LogP contribution in [0.15, 0.2) is 36.5 Å². The maximum absolute atomic E-state index is 12.1. The molecule has 116 valence electrons. The third-order valence-corrected chi connectivity index (χ3v) is 3.33. The molecule has 22 heavy (non-hydrogen) atoms. The quantitative estimate of drug-likeness (QED) is 0.653. The number of ether oxygens (including phenoxy) is 1. The lowest BCUT2D eigenvalue weighted by atomic mass is 10.2. The number of carbonyl (C=O) groups is 2. The number of hydrogen-bond acceptors (Lipinski definition) is 4. The topological polar surface area (TPSA) is 73.2 Å². The molecule has 0 unspecified atom stereocenters. The van der Waals surface area contributed by atoms with Crippen LogP contribution >= 0.6 is 0 Å². The highest BCUT2D eigenvalue weighted by molar-refractivity contribution is 5.95. The van der Waals surface area contributed by atoms with E-state index in [9.17, 15) is 9.59 Å². The van der Waals surface area contributed by atoms with Crippen molar-refractivity contribution in [2.24, 2.45) is 0 Å². The zero-order valence-electron chi connectivity index (χ0n) is 12.7. The second kappa shape index (κ2) is 7.40. The molecule has 0 saturated heterocycles. The SMILES string of the molecule is COC(=O)CCCNC(=O)c1cnn(-c2ccccc2)c1C. The molecule has 1 amide bonds. The summed E-state index contributed by atoms with van der Waals surface area (Å²) < 4.78 is 6.27. The summed E-state index contributed by atoms with van der Waals surface area (Å²) in [5.74, 6) is -0.466. The minimum absolute atomic E-state index is 0.190. The number of benzene rings is 1. The predicted molar refractivity (Wildman–Crippen MR) is 81.9 cm³/mol. The average molecular weight is 301 g/mol. The number of para-hydroxylation sites is 1. The van der Waals surface area contributed by atoms with Crippen LogP contribution in [0.1, 0.15) is 28.9 Å². The molecule has 0 fully saturated rings. The Hall–Kier alpha value is -2.63. The van der Waals surface area contributed by atoms with Crippen molar-refractivity contribution in [3.05, 3.63) is 47.8 Å². The molecular weight excluding hydrogens is 282 g/mol. The highest BCUT2D eigenvalue weighted by atomic mass is 16.5. The first-order valence-electron chi connectivity index (χ1n) is 7.08. The summed E-state index contributed by atoms with van der Waals surface area (Å²) in [6.45, 7) is 2.27. The number of hydrogen-bond donors (Lipinski definition) is 1. The number of carbonyl (C=O) groups excluding carboxylic acids is 2. The molecule has 0 bridgehead atoms. The van der Waals surface area contributed by atoms with Gasteiger partial charge in [-0.3, -0.25) is 9.59 Å². The van der Waals surface area contributed by atoms with Crippen molar-refractivity contribution >= 4 is 11.9 Å². The number of amides is 1. The zero-order valence-corrected chi connectivity index (χ0v) is 12.7. The van der Waals surface area contributed by atoms with Gasteiger partial charge in [-0.1, -0.05) is 18.2 Å². The molecule has 0 radical (unpaired) electrons. The molecule has 1 N–H and O–H groups in total. The molecule has 2 aromatic rings. The standard InChI is InChI=1S/C16H19N3O3/c1-12-14(16(21)17-10-6-9-15(20)22-2)11-18-19(12)13-7-4-3-5-8-13/h3-5,7-8,11H,6,9-10H2,1-2H3,(H,17,21). The first-order valence-corrected chi connectivity index (χ1v) is 7.08. The lowest BCUT2D eigenvalue weighted by Gasteiger charge is -2.06. The molecule has 0 aliphatic heterocycles. The van der Waals surface area contributed by atoms with Crippen molar-refractivity contribution in [3.8, 4) is 5.69 Å². The van der Waals surface area contributed by atoms with Gasteiger partial charge in [0, 0.05) is 13.0 Å². The number of aromatic nitrogens is 2. The summed E-state index contributed by atoms with van der Waals surface area (Å²) in [6.07, 6.45) is 2.39. The van der Waals surface area contributed by atoms with Crippen LogP contribution in [0.3, 0.4) is 0 Å². The normalized spacial score (nSPS) is 10.3. The fraction of sp³-hybridized carbons (Fsp3) is 0.312. The van der Waals surface area contributed by atoms with E-state index in [1.165, 1.54) is 7.11 Å². The first kappa shape index (κ1) is 15.8. The highest BCUT2D eigenvalue weighted by Crippen LogP contribution is 2.13. The average Bonchev–Trinajstić information content (AvgIpc) is 2.93. The van der Waals surface area contributed by atoms with Gasteiger partial charge in [0.1, 0.15) is 0 Å². The van der Waals surface area contributed by atoms with E-state index in [1.54, 1.807) is 10.9 Å². The Morgan fingerprint density at radius 2 is 2.00 bits per heavy atom. The molecule has 2 rings (SSSR count). The largest absolute Gasteiger partial charge is 0.469 e. The van der Waals surface area contributed by atoms with Crippen LogP contribution in [-0.2, 0) is 9.53 Å². The Bertz CT molecular complexity index is 650. The van der Waals surface area contributed by atoms with E-state index < -0.39 is 0 Å². The van der Waals surface area contributed by atoms with Crippen molar-refractivity contribution in [1.82, 2.24) is 15.1 Å². The number of rotatable bonds is 6. The third-order valence-electron chi connectivity index (χ3n) is 3.33. The smallest absolute Gasteiger partial charge is 0.305 e. The molecule has 0 atom stereocenters. The van der Waals surface area contributed by atoms with Crippen LogP contribution in [-0.4, -0.2) is 35.3 Å². The fourth-order valence-electron chi connectivity index (χ4n) is 2.09. The van der Waals surface area contributed by atoms with Crippen LogP contribution < -0.4 is 5.32 Å². The number of nitrogens with one attached hydrogen (secondary N) is 1. The Labute approximate surface area is 129 Å². The van der Waals surface area contributed by atoms with E-state index in [-0.39, 0.29) is 11.9 Å². The van der Waals surface area contributed by atoms with Gasteiger partial charge >= 0.3 is 5.97 Å². The van der Waals surface area contributed by atoms with Crippen LogP contribution in [0.5, 0.6) is 0 Å². The van der Waals surface area contributed by atoms with Crippen molar-refractivity contribution in [1.29, 1.82) is 0 Å². The monoisotopic (exact) mass is 301 g/mol. The zero-order chi connectivity index (χ0) is 15.9. The molecule has 1 heterocycles. The van der Waals surface area contributed by atoms with Crippen LogP contribution in [0.2, 0.25) is 0 Å². The molecule has 6 nitrogen and oxygen atoms in total. The minimum Gasteiger partial charge on any atom is -0.469 e. The molecule has 0 aliphatic rings. The van der Waals surface area contributed by atoms with Gasteiger partial charge in [0.05, 0.1) is 30.3 Å². The van der Waals surface area contributed by atoms with Gasteiger partial charge in [-0.2, -0.15) is 5.10 Å². The molecule has 1 aromatic carbocycles. The lowest BCUT2D eigenvalue weighted by molar-refractivity contribution is -0.140. The first-order chi connectivity index (χ1) is 10.6. The maximum Gasteiger partial charge on any atom is 0.305 e. The van der Waals surface area contributed by atoms with Crippen molar-refractivity contribution in [3.63, 3.8) is 0 Å². The van der Waals surface area contributed by atoms with Gasteiger partial charge in [0.25, 0.3) is 5.91 Å². The number of methoxy groups -OCH3 is 1. The van der Waals surface area contributed by atoms with Gasteiger partial charge in [-0.25, -0.2) is 4.68 Å². The third kappa shape index (κ3) is 3.72. The summed E-state index contributed by atoms with van der Waals surface area (Å²) in [5.41, 5.74) is 2.21. The summed E-state index contributed by atoms with van der Waals surface area (Å²) in [7, 11) is 1.35.